The van der Waals surface area contributed by atoms with Crippen LogP contribution in [0.1, 0.15) is 17.0 Å². The van der Waals surface area contributed by atoms with Gasteiger partial charge in [-0.15, -0.1) is 0 Å². The van der Waals surface area contributed by atoms with Gasteiger partial charge in [0.15, 0.2) is 9.84 Å². The number of anilines is 1. The van der Waals surface area contributed by atoms with Crippen LogP contribution in [0.4, 0.5) is 5.69 Å². The number of nitrogens with zero attached hydrogens (tertiary/aromatic N) is 1. The van der Waals surface area contributed by atoms with E-state index >= 15 is 0 Å². The number of carbonyl (C=O) groups is 2. The Hall–Kier alpha value is -2.19. The SMILES string of the molecule is Cc1cc([C@H]2CN(C)C(=O)[C@@H]2C(=O)Nc2ccccc2S(C)(=O)=O)ccc1Br. The largest absolute Gasteiger partial charge is 0.344 e. The van der Waals surface area contributed by atoms with E-state index in [2.05, 4.69) is 21.2 Å². The maximum Gasteiger partial charge on any atom is 0.237 e. The summed E-state index contributed by atoms with van der Waals surface area (Å²) in [4.78, 5) is 27.3. The second-order valence-electron chi connectivity index (χ2n) is 7.07. The Bertz CT molecular complexity index is 1050. The van der Waals surface area contributed by atoms with E-state index in [1.165, 1.54) is 17.0 Å². The highest BCUT2D eigenvalue weighted by atomic mass is 79.9. The molecule has 8 heteroatoms. The summed E-state index contributed by atoms with van der Waals surface area (Å²) < 4.78 is 24.9. The molecule has 0 bridgehead atoms. The first kappa shape index (κ1) is 20.5. The van der Waals surface area contributed by atoms with Crippen LogP contribution >= 0.6 is 15.9 Å². The first-order valence-electron chi connectivity index (χ1n) is 8.70. The van der Waals surface area contributed by atoms with E-state index in [9.17, 15) is 18.0 Å². The van der Waals surface area contributed by atoms with Crippen molar-refractivity contribution in [1.82, 2.24) is 4.90 Å². The van der Waals surface area contributed by atoms with E-state index in [-0.39, 0.29) is 22.4 Å². The fourth-order valence-electron chi connectivity index (χ4n) is 3.49. The van der Waals surface area contributed by atoms with Crippen molar-refractivity contribution in [2.75, 3.05) is 25.2 Å². The standard InChI is InChI=1S/C20H21BrN2O4S/c1-12-10-13(8-9-15(12)21)14-11-23(2)20(25)18(14)19(24)22-16-6-4-5-7-17(16)28(3,26)27/h4-10,14,18H,11H2,1-3H3,(H,22,24)/t14-,18+/m1/s1. The summed E-state index contributed by atoms with van der Waals surface area (Å²) in [6.45, 7) is 2.37. The molecule has 6 nitrogen and oxygen atoms in total. The summed E-state index contributed by atoms with van der Waals surface area (Å²) in [5, 5.41) is 2.66. The number of halogens is 1. The molecule has 1 N–H and O–H groups in total. The number of nitrogens with one attached hydrogen (secondary N) is 1. The van der Waals surface area contributed by atoms with Crippen molar-refractivity contribution in [2.45, 2.75) is 17.7 Å². The number of amides is 2. The molecule has 1 aliphatic heterocycles. The predicted molar refractivity (Wildman–Crippen MR) is 111 cm³/mol. The van der Waals surface area contributed by atoms with Crippen LogP contribution in [0.5, 0.6) is 0 Å². The Balaban J connectivity index is 1.95. The zero-order valence-electron chi connectivity index (χ0n) is 15.8. The monoisotopic (exact) mass is 464 g/mol. The van der Waals surface area contributed by atoms with Crippen molar-refractivity contribution < 1.29 is 18.0 Å². The van der Waals surface area contributed by atoms with Crippen LogP contribution in [-0.2, 0) is 19.4 Å². The lowest BCUT2D eigenvalue weighted by Crippen LogP contribution is -2.33. The highest BCUT2D eigenvalue weighted by Gasteiger charge is 2.44. The smallest absolute Gasteiger partial charge is 0.237 e. The predicted octanol–water partition coefficient (Wildman–Crippen LogP) is 2.97. The molecule has 0 spiro atoms. The molecule has 2 aromatic rings. The van der Waals surface area contributed by atoms with E-state index in [0.717, 1.165) is 21.9 Å². The molecule has 0 aliphatic carbocycles. The van der Waals surface area contributed by atoms with Gasteiger partial charge < -0.3 is 10.2 Å². The molecule has 0 unspecified atom stereocenters. The summed E-state index contributed by atoms with van der Waals surface area (Å²) in [6.07, 6.45) is 1.08. The van der Waals surface area contributed by atoms with Gasteiger partial charge in [-0.3, -0.25) is 9.59 Å². The molecular formula is C20H21BrN2O4S. The van der Waals surface area contributed by atoms with Crippen molar-refractivity contribution in [2.24, 2.45) is 5.92 Å². The average Bonchev–Trinajstić information content (AvgIpc) is 2.92. The number of likely N-dealkylation sites (N-methyl/N-ethyl adjacent to an activating group) is 1. The number of aryl methyl sites for hydroxylation is 1. The van der Waals surface area contributed by atoms with Crippen LogP contribution in [-0.4, -0.2) is 45.0 Å². The minimum Gasteiger partial charge on any atom is -0.344 e. The minimum atomic E-state index is -3.52. The molecule has 2 amide bonds. The van der Waals surface area contributed by atoms with Crippen molar-refractivity contribution in [3.8, 4) is 0 Å². The molecule has 1 heterocycles. The van der Waals surface area contributed by atoms with E-state index in [0.29, 0.717) is 6.54 Å². The first-order valence-corrected chi connectivity index (χ1v) is 11.4. The third-order valence-corrected chi connectivity index (χ3v) is 7.00. The van der Waals surface area contributed by atoms with Crippen LogP contribution in [0.25, 0.3) is 0 Å². The molecule has 148 valence electrons. The van der Waals surface area contributed by atoms with Crippen LogP contribution in [0.15, 0.2) is 51.8 Å². The quantitative estimate of drug-likeness (QED) is 0.704. The lowest BCUT2D eigenvalue weighted by Gasteiger charge is -2.18. The van der Waals surface area contributed by atoms with Crippen molar-refractivity contribution in [1.29, 1.82) is 0 Å². The molecule has 1 aliphatic rings. The topological polar surface area (TPSA) is 83.6 Å². The highest BCUT2D eigenvalue weighted by molar-refractivity contribution is 9.10. The Morgan fingerprint density at radius 1 is 1.21 bits per heavy atom. The summed E-state index contributed by atoms with van der Waals surface area (Å²) in [6, 6.07) is 12.0. The normalized spacial score (nSPS) is 19.7. The second kappa shape index (κ2) is 7.67. The van der Waals surface area contributed by atoms with Crippen LogP contribution in [0.3, 0.4) is 0 Å². The molecular weight excluding hydrogens is 444 g/mol. The number of hydrogen-bond donors (Lipinski definition) is 1. The van der Waals surface area contributed by atoms with Crippen LogP contribution < -0.4 is 5.32 Å². The van der Waals surface area contributed by atoms with Gasteiger partial charge in [0.2, 0.25) is 11.8 Å². The van der Waals surface area contributed by atoms with Gasteiger partial charge >= 0.3 is 0 Å². The molecule has 0 radical (unpaired) electrons. The summed E-state index contributed by atoms with van der Waals surface area (Å²) in [5.41, 5.74) is 2.10. The third kappa shape index (κ3) is 3.98. The maximum absolute atomic E-state index is 13.0. The molecule has 28 heavy (non-hydrogen) atoms. The number of hydrogen-bond acceptors (Lipinski definition) is 4. The lowest BCUT2D eigenvalue weighted by atomic mass is 9.87. The van der Waals surface area contributed by atoms with Gasteiger partial charge in [-0.05, 0) is 36.2 Å². The van der Waals surface area contributed by atoms with Gasteiger partial charge in [-0.25, -0.2) is 8.42 Å². The first-order chi connectivity index (χ1) is 13.1. The zero-order chi connectivity index (χ0) is 20.6. The Labute approximate surface area is 173 Å². The minimum absolute atomic E-state index is 0.0261. The number of benzene rings is 2. The van der Waals surface area contributed by atoms with Crippen molar-refractivity contribution in [3.63, 3.8) is 0 Å². The summed E-state index contributed by atoms with van der Waals surface area (Å²) in [7, 11) is -1.85. The Morgan fingerprint density at radius 2 is 1.89 bits per heavy atom. The fraction of sp³-hybridized carbons (Fsp3) is 0.300. The molecule has 2 aromatic carbocycles. The number of likely N-dealkylation sites (tertiary alicyclic amines) is 1. The number of rotatable bonds is 4. The Kier molecular flexibility index (Phi) is 5.63. The zero-order valence-corrected chi connectivity index (χ0v) is 18.2. The molecule has 1 fully saturated rings. The van der Waals surface area contributed by atoms with Crippen molar-refractivity contribution in [3.05, 3.63) is 58.1 Å². The summed E-state index contributed by atoms with van der Waals surface area (Å²) >= 11 is 3.46. The van der Waals surface area contributed by atoms with Gasteiger partial charge in [0.1, 0.15) is 5.92 Å². The molecule has 2 atom stereocenters. The van der Waals surface area contributed by atoms with Gasteiger partial charge in [0, 0.05) is 30.2 Å². The van der Waals surface area contributed by atoms with Crippen LogP contribution in [0, 0.1) is 12.8 Å². The van der Waals surface area contributed by atoms with E-state index in [4.69, 9.17) is 0 Å². The van der Waals surface area contributed by atoms with Gasteiger partial charge in [-0.2, -0.15) is 0 Å². The molecule has 0 aromatic heterocycles. The second-order valence-corrected chi connectivity index (χ2v) is 9.91. The van der Waals surface area contributed by atoms with Gasteiger partial charge in [-0.1, -0.05) is 40.2 Å². The third-order valence-electron chi connectivity index (χ3n) is 4.95. The number of para-hydroxylation sites is 1. The Morgan fingerprint density at radius 3 is 2.54 bits per heavy atom. The highest BCUT2D eigenvalue weighted by Crippen LogP contribution is 2.35. The van der Waals surface area contributed by atoms with Crippen LogP contribution in [0.2, 0.25) is 0 Å². The number of carbonyl (C=O) groups excluding carboxylic acids is 2. The maximum atomic E-state index is 13.0. The van der Waals surface area contributed by atoms with E-state index < -0.39 is 21.7 Å². The van der Waals surface area contributed by atoms with Crippen molar-refractivity contribution >= 4 is 43.3 Å². The molecule has 3 rings (SSSR count). The molecule has 1 saturated heterocycles. The van der Waals surface area contributed by atoms with Gasteiger partial charge in [0.25, 0.3) is 0 Å². The van der Waals surface area contributed by atoms with E-state index in [1.807, 2.05) is 25.1 Å². The van der Waals surface area contributed by atoms with E-state index in [1.54, 1.807) is 19.2 Å². The number of sulfone groups is 1. The average molecular weight is 465 g/mol. The fourth-order valence-corrected chi connectivity index (χ4v) is 4.59. The summed E-state index contributed by atoms with van der Waals surface area (Å²) in [5.74, 6) is -2.01. The molecule has 0 saturated carbocycles. The van der Waals surface area contributed by atoms with Gasteiger partial charge in [0.05, 0.1) is 10.6 Å². The lowest BCUT2D eigenvalue weighted by molar-refractivity contribution is -0.135.